The molecule has 0 unspecified atom stereocenters. The highest BCUT2D eigenvalue weighted by atomic mass is 16.4. The van der Waals surface area contributed by atoms with Crippen LogP contribution in [0.25, 0.3) is 0 Å². The van der Waals surface area contributed by atoms with Gasteiger partial charge in [-0.05, 0) is 12.3 Å². The van der Waals surface area contributed by atoms with Crippen molar-refractivity contribution in [2.24, 2.45) is 10.9 Å². The van der Waals surface area contributed by atoms with Crippen LogP contribution in [0.4, 0.5) is 0 Å². The molecule has 5 nitrogen and oxygen atoms in total. The molecule has 0 spiro atoms. The van der Waals surface area contributed by atoms with Crippen LogP contribution in [0.1, 0.15) is 44.4 Å². The normalized spacial score (nSPS) is 12.4. The Morgan fingerprint density at radius 3 is 2.80 bits per heavy atom. The molecule has 0 fully saturated rings. The first-order valence-electron chi connectivity index (χ1n) is 5.15. The highest BCUT2D eigenvalue weighted by molar-refractivity contribution is 5.98. The van der Waals surface area contributed by atoms with Gasteiger partial charge in [0, 0.05) is 6.54 Å². The average molecular weight is 210 g/mol. The summed E-state index contributed by atoms with van der Waals surface area (Å²) in [7, 11) is 0. The molecular formula is C10H18N4O. The summed E-state index contributed by atoms with van der Waals surface area (Å²) in [4.78, 5) is 0. The zero-order valence-corrected chi connectivity index (χ0v) is 9.44. The van der Waals surface area contributed by atoms with E-state index in [2.05, 4.69) is 31.0 Å². The second-order valence-electron chi connectivity index (χ2n) is 3.81. The Balaban J connectivity index is 3.18. The van der Waals surface area contributed by atoms with Crippen LogP contribution in [-0.4, -0.2) is 20.8 Å². The lowest BCUT2D eigenvalue weighted by molar-refractivity contribution is 0.318. The largest absolute Gasteiger partial charge is 0.409 e. The van der Waals surface area contributed by atoms with Crippen molar-refractivity contribution in [3.05, 3.63) is 17.5 Å². The van der Waals surface area contributed by atoms with Gasteiger partial charge < -0.3 is 10.9 Å². The Hall–Kier alpha value is -1.52. The van der Waals surface area contributed by atoms with E-state index in [1.807, 2.05) is 4.68 Å². The first-order chi connectivity index (χ1) is 7.11. The molecule has 15 heavy (non-hydrogen) atoms. The maximum Gasteiger partial charge on any atom is 0.173 e. The molecule has 0 aliphatic rings. The second kappa shape index (κ2) is 4.82. The number of hydrogen-bond acceptors (Lipinski definition) is 3. The zero-order chi connectivity index (χ0) is 11.4. The van der Waals surface area contributed by atoms with Gasteiger partial charge in [-0.15, -0.1) is 0 Å². The van der Waals surface area contributed by atoms with Crippen LogP contribution in [0, 0.1) is 0 Å². The van der Waals surface area contributed by atoms with Crippen LogP contribution in [0.3, 0.4) is 0 Å². The third kappa shape index (κ3) is 2.29. The quantitative estimate of drug-likeness (QED) is 0.342. The predicted molar refractivity (Wildman–Crippen MR) is 59.1 cm³/mol. The minimum absolute atomic E-state index is 0.126. The SMILES string of the molecule is CCCn1ncc(/C(N)=N\O)c1C(C)C. The lowest BCUT2D eigenvalue weighted by Crippen LogP contribution is -2.17. The van der Waals surface area contributed by atoms with Gasteiger partial charge in [0.15, 0.2) is 5.84 Å². The minimum Gasteiger partial charge on any atom is -0.409 e. The van der Waals surface area contributed by atoms with Crippen LogP contribution in [0.15, 0.2) is 11.4 Å². The van der Waals surface area contributed by atoms with Gasteiger partial charge >= 0.3 is 0 Å². The molecule has 1 heterocycles. The summed E-state index contributed by atoms with van der Waals surface area (Å²) in [6.45, 7) is 7.08. The van der Waals surface area contributed by atoms with E-state index in [9.17, 15) is 0 Å². The zero-order valence-electron chi connectivity index (χ0n) is 9.44. The standard InChI is InChI=1S/C10H18N4O/c1-4-5-14-9(7(2)3)8(6-12-14)10(11)13-15/h6-7,15H,4-5H2,1-3H3,(H2,11,13). The number of hydrogen-bond donors (Lipinski definition) is 2. The van der Waals surface area contributed by atoms with E-state index >= 15 is 0 Å². The number of aryl methyl sites for hydroxylation is 1. The van der Waals surface area contributed by atoms with Crippen molar-refractivity contribution in [1.29, 1.82) is 0 Å². The summed E-state index contributed by atoms with van der Waals surface area (Å²) in [5, 5.41) is 15.9. The van der Waals surface area contributed by atoms with Crippen molar-refractivity contribution in [3.8, 4) is 0 Å². The minimum atomic E-state index is 0.126. The molecule has 1 aromatic rings. The van der Waals surface area contributed by atoms with Gasteiger partial charge in [0.2, 0.25) is 0 Å². The number of rotatable bonds is 4. The number of amidine groups is 1. The van der Waals surface area contributed by atoms with E-state index < -0.39 is 0 Å². The molecule has 0 aromatic carbocycles. The van der Waals surface area contributed by atoms with Gasteiger partial charge in [0.1, 0.15) is 0 Å². The highest BCUT2D eigenvalue weighted by Gasteiger charge is 2.16. The van der Waals surface area contributed by atoms with Gasteiger partial charge in [-0.1, -0.05) is 25.9 Å². The van der Waals surface area contributed by atoms with E-state index in [-0.39, 0.29) is 5.84 Å². The van der Waals surface area contributed by atoms with Gasteiger partial charge in [-0.3, -0.25) is 4.68 Å². The number of oxime groups is 1. The Kier molecular flexibility index (Phi) is 3.71. The van der Waals surface area contributed by atoms with Gasteiger partial charge in [0.25, 0.3) is 0 Å². The van der Waals surface area contributed by atoms with Crippen molar-refractivity contribution in [2.45, 2.75) is 39.7 Å². The molecule has 0 saturated heterocycles. The Morgan fingerprint density at radius 1 is 1.67 bits per heavy atom. The number of nitrogens with zero attached hydrogens (tertiary/aromatic N) is 3. The molecule has 0 atom stereocenters. The van der Waals surface area contributed by atoms with Crippen LogP contribution in [-0.2, 0) is 6.54 Å². The lowest BCUT2D eigenvalue weighted by atomic mass is 10.1. The average Bonchev–Trinajstić information content (AvgIpc) is 2.61. The van der Waals surface area contributed by atoms with E-state index in [4.69, 9.17) is 10.9 Å². The van der Waals surface area contributed by atoms with Crippen LogP contribution < -0.4 is 5.73 Å². The Labute approximate surface area is 89.6 Å². The van der Waals surface area contributed by atoms with Gasteiger partial charge in [0.05, 0.1) is 17.5 Å². The fourth-order valence-corrected chi connectivity index (χ4v) is 1.65. The molecule has 1 rings (SSSR count). The molecule has 3 N–H and O–H groups in total. The smallest absolute Gasteiger partial charge is 0.173 e. The molecule has 0 radical (unpaired) electrons. The number of nitrogens with two attached hydrogens (primary N) is 1. The summed E-state index contributed by atoms with van der Waals surface area (Å²) in [5.41, 5.74) is 7.33. The molecule has 84 valence electrons. The number of aromatic nitrogens is 2. The highest BCUT2D eigenvalue weighted by Crippen LogP contribution is 2.19. The third-order valence-electron chi connectivity index (χ3n) is 2.25. The van der Waals surface area contributed by atoms with Gasteiger partial charge in [-0.25, -0.2) is 0 Å². The summed E-state index contributed by atoms with van der Waals surface area (Å²) in [6.07, 6.45) is 2.66. The Bertz CT molecular complexity index is 354. The fraction of sp³-hybridized carbons (Fsp3) is 0.600. The fourth-order valence-electron chi connectivity index (χ4n) is 1.65. The van der Waals surface area contributed by atoms with Crippen molar-refractivity contribution < 1.29 is 5.21 Å². The first-order valence-corrected chi connectivity index (χ1v) is 5.15. The van der Waals surface area contributed by atoms with Gasteiger partial charge in [-0.2, -0.15) is 5.10 Å². The molecular weight excluding hydrogens is 192 g/mol. The summed E-state index contributed by atoms with van der Waals surface area (Å²) in [5.74, 6) is 0.426. The molecule has 0 saturated carbocycles. The third-order valence-corrected chi connectivity index (χ3v) is 2.25. The lowest BCUT2D eigenvalue weighted by Gasteiger charge is -2.11. The molecule has 0 amide bonds. The first kappa shape index (κ1) is 11.6. The molecule has 0 bridgehead atoms. The summed E-state index contributed by atoms with van der Waals surface area (Å²) < 4.78 is 1.91. The monoisotopic (exact) mass is 210 g/mol. The van der Waals surface area contributed by atoms with E-state index in [1.54, 1.807) is 6.20 Å². The maximum atomic E-state index is 8.66. The second-order valence-corrected chi connectivity index (χ2v) is 3.81. The molecule has 0 aliphatic carbocycles. The van der Waals surface area contributed by atoms with E-state index in [0.29, 0.717) is 5.92 Å². The van der Waals surface area contributed by atoms with Crippen molar-refractivity contribution in [1.82, 2.24) is 9.78 Å². The van der Waals surface area contributed by atoms with Crippen molar-refractivity contribution in [2.75, 3.05) is 0 Å². The van der Waals surface area contributed by atoms with Crippen molar-refractivity contribution in [3.63, 3.8) is 0 Å². The van der Waals surface area contributed by atoms with Crippen LogP contribution in [0.5, 0.6) is 0 Å². The van der Waals surface area contributed by atoms with E-state index in [0.717, 1.165) is 24.2 Å². The van der Waals surface area contributed by atoms with E-state index in [1.165, 1.54) is 0 Å². The molecule has 5 heteroatoms. The Morgan fingerprint density at radius 2 is 2.33 bits per heavy atom. The summed E-state index contributed by atoms with van der Waals surface area (Å²) >= 11 is 0. The topological polar surface area (TPSA) is 76.4 Å². The maximum absolute atomic E-state index is 8.66. The molecule has 1 aromatic heterocycles. The molecule has 0 aliphatic heterocycles. The predicted octanol–water partition coefficient (Wildman–Crippen LogP) is 1.51. The van der Waals surface area contributed by atoms with Crippen LogP contribution >= 0.6 is 0 Å². The van der Waals surface area contributed by atoms with Crippen molar-refractivity contribution >= 4 is 5.84 Å². The van der Waals surface area contributed by atoms with Crippen LogP contribution in [0.2, 0.25) is 0 Å². The summed E-state index contributed by atoms with van der Waals surface area (Å²) in [6, 6.07) is 0.